The summed E-state index contributed by atoms with van der Waals surface area (Å²) in [6, 6.07) is -1.27. The van der Waals surface area contributed by atoms with Crippen molar-refractivity contribution in [2.24, 2.45) is 11.7 Å². The number of carbonyl (C=O) groups is 1. The summed E-state index contributed by atoms with van der Waals surface area (Å²) in [4.78, 5) is 13.1. The van der Waals surface area contributed by atoms with Crippen LogP contribution in [-0.4, -0.2) is 100 Å². The van der Waals surface area contributed by atoms with Gasteiger partial charge in [-0.05, 0) is 26.0 Å². The SMILES string of the molecule is CSC1O[C@H](C(NC(=O)[C@H]2NC[C@@H]3CC(N)CCO[C@H]32)[C@H](C)Cl)C(O)C(O)[C@H]1O. The zero-order chi connectivity index (χ0) is 21.3. The van der Waals surface area contributed by atoms with Crippen LogP contribution in [0.1, 0.15) is 19.8 Å². The second-order valence-corrected chi connectivity index (χ2v) is 9.78. The standard InChI is InChI=1S/C18H32ClN3O6S/c1-7(19)10(16-13(24)12(23)14(25)18(28-16)29-2)22-17(26)11-15-8(6-21-11)5-9(20)3-4-27-15/h7-16,18,21,23-25H,3-6,20H2,1-2H3,(H,22,26)/t7-,8-,9?,10?,11-,12?,13?,14+,15+,16+,18?/m0/s1. The topological polar surface area (TPSA) is 146 Å². The highest BCUT2D eigenvalue weighted by Gasteiger charge is 2.49. The highest BCUT2D eigenvalue weighted by molar-refractivity contribution is 7.99. The first-order chi connectivity index (χ1) is 13.7. The fourth-order valence-corrected chi connectivity index (χ4v) is 5.30. The number of aliphatic hydroxyl groups excluding tert-OH is 3. The van der Waals surface area contributed by atoms with Gasteiger partial charge >= 0.3 is 0 Å². The van der Waals surface area contributed by atoms with Crippen LogP contribution >= 0.6 is 23.4 Å². The van der Waals surface area contributed by atoms with Gasteiger partial charge in [0.15, 0.2) is 0 Å². The Kier molecular flexibility index (Phi) is 8.08. The molecule has 0 bridgehead atoms. The summed E-state index contributed by atoms with van der Waals surface area (Å²) in [5.41, 5.74) is 5.34. The van der Waals surface area contributed by atoms with Gasteiger partial charge in [-0.3, -0.25) is 4.79 Å². The summed E-state index contributed by atoms with van der Waals surface area (Å²) in [7, 11) is 0. The van der Waals surface area contributed by atoms with Crippen LogP contribution in [-0.2, 0) is 14.3 Å². The monoisotopic (exact) mass is 453 g/mol. The summed E-state index contributed by atoms with van der Waals surface area (Å²) in [6.45, 7) is 2.83. The molecule has 5 unspecified atom stereocenters. The van der Waals surface area contributed by atoms with Crippen molar-refractivity contribution in [1.29, 1.82) is 0 Å². The van der Waals surface area contributed by atoms with Crippen LogP contribution in [0.5, 0.6) is 0 Å². The number of hydrogen-bond donors (Lipinski definition) is 6. The molecule has 0 radical (unpaired) electrons. The summed E-state index contributed by atoms with van der Waals surface area (Å²) < 4.78 is 11.7. The van der Waals surface area contributed by atoms with Crippen molar-refractivity contribution in [3.05, 3.63) is 0 Å². The van der Waals surface area contributed by atoms with E-state index in [1.54, 1.807) is 13.2 Å². The number of carbonyl (C=O) groups excluding carboxylic acids is 1. The average molecular weight is 454 g/mol. The molecule has 3 rings (SSSR count). The smallest absolute Gasteiger partial charge is 0.240 e. The van der Waals surface area contributed by atoms with Crippen molar-refractivity contribution in [3.8, 4) is 0 Å². The first-order valence-corrected chi connectivity index (χ1v) is 11.7. The minimum absolute atomic E-state index is 0.0615. The van der Waals surface area contributed by atoms with Gasteiger partial charge in [-0.1, -0.05) is 0 Å². The molecule has 0 spiro atoms. The van der Waals surface area contributed by atoms with Crippen LogP contribution in [0.15, 0.2) is 0 Å². The molecule has 0 saturated carbocycles. The summed E-state index contributed by atoms with van der Waals surface area (Å²) >= 11 is 7.54. The number of alkyl halides is 1. The van der Waals surface area contributed by atoms with Gasteiger partial charge < -0.3 is 41.2 Å². The highest BCUT2D eigenvalue weighted by Crippen LogP contribution is 2.31. The van der Waals surface area contributed by atoms with Gasteiger partial charge in [-0.2, -0.15) is 0 Å². The zero-order valence-electron chi connectivity index (χ0n) is 16.6. The van der Waals surface area contributed by atoms with E-state index in [1.165, 1.54) is 11.8 Å². The lowest BCUT2D eigenvalue weighted by molar-refractivity contribution is -0.205. The van der Waals surface area contributed by atoms with Gasteiger partial charge in [-0.25, -0.2) is 0 Å². The number of halogens is 1. The third-order valence-electron chi connectivity index (χ3n) is 6.08. The minimum atomic E-state index is -1.40. The molecule has 0 aromatic heterocycles. The van der Waals surface area contributed by atoms with E-state index >= 15 is 0 Å². The second-order valence-electron chi connectivity index (χ2n) is 8.15. The van der Waals surface area contributed by atoms with Crippen molar-refractivity contribution in [1.82, 2.24) is 10.6 Å². The van der Waals surface area contributed by atoms with Crippen LogP contribution < -0.4 is 16.4 Å². The van der Waals surface area contributed by atoms with Crippen molar-refractivity contribution in [2.75, 3.05) is 19.4 Å². The van der Waals surface area contributed by atoms with E-state index in [-0.39, 0.29) is 24.0 Å². The number of ether oxygens (including phenoxy) is 2. The van der Waals surface area contributed by atoms with Crippen LogP contribution in [0.3, 0.4) is 0 Å². The Hall–Kier alpha value is -0.170. The Morgan fingerprint density at radius 3 is 2.69 bits per heavy atom. The number of nitrogens with one attached hydrogen (secondary N) is 2. The maximum atomic E-state index is 13.1. The number of hydrogen-bond acceptors (Lipinski definition) is 9. The van der Waals surface area contributed by atoms with Crippen LogP contribution in [0.2, 0.25) is 0 Å². The van der Waals surface area contributed by atoms with Gasteiger partial charge in [-0.15, -0.1) is 23.4 Å². The predicted octanol–water partition coefficient (Wildman–Crippen LogP) is -1.64. The maximum Gasteiger partial charge on any atom is 0.240 e. The summed E-state index contributed by atoms with van der Waals surface area (Å²) in [5.74, 6) is -0.146. The zero-order valence-corrected chi connectivity index (χ0v) is 18.2. The number of nitrogens with two attached hydrogens (primary N) is 1. The molecule has 0 aliphatic carbocycles. The van der Waals surface area contributed by atoms with E-state index in [2.05, 4.69) is 10.6 Å². The molecule has 7 N–H and O–H groups in total. The number of aliphatic hydroxyl groups is 3. The second kappa shape index (κ2) is 9.97. The molecule has 29 heavy (non-hydrogen) atoms. The number of amides is 1. The molecule has 3 saturated heterocycles. The fraction of sp³-hybridized carbons (Fsp3) is 0.944. The molecule has 11 atom stereocenters. The van der Waals surface area contributed by atoms with E-state index < -0.39 is 47.3 Å². The molecule has 3 aliphatic rings. The van der Waals surface area contributed by atoms with Crippen LogP contribution in [0, 0.1) is 5.92 Å². The third kappa shape index (κ3) is 5.02. The molecule has 3 aliphatic heterocycles. The molecular formula is C18H32ClN3O6S. The van der Waals surface area contributed by atoms with Gasteiger partial charge in [0, 0.05) is 25.1 Å². The molecule has 0 aromatic carbocycles. The Balaban J connectivity index is 1.71. The van der Waals surface area contributed by atoms with E-state index in [9.17, 15) is 20.1 Å². The van der Waals surface area contributed by atoms with Gasteiger partial charge in [0.25, 0.3) is 0 Å². The van der Waals surface area contributed by atoms with Crippen molar-refractivity contribution < 1.29 is 29.6 Å². The Morgan fingerprint density at radius 1 is 1.31 bits per heavy atom. The van der Waals surface area contributed by atoms with Crippen LogP contribution in [0.4, 0.5) is 0 Å². The first kappa shape index (κ1) is 23.5. The molecule has 1 amide bonds. The maximum absolute atomic E-state index is 13.1. The summed E-state index contributed by atoms with van der Waals surface area (Å²) in [6.07, 6.45) is -2.00. The number of fused-ring (bicyclic) bond motifs is 1. The lowest BCUT2D eigenvalue weighted by Gasteiger charge is -2.44. The van der Waals surface area contributed by atoms with Gasteiger partial charge in [0.05, 0.1) is 17.5 Å². The quantitative estimate of drug-likeness (QED) is 0.270. The van der Waals surface area contributed by atoms with E-state index in [4.69, 9.17) is 26.8 Å². The van der Waals surface area contributed by atoms with Crippen molar-refractivity contribution >= 4 is 29.3 Å². The molecule has 9 nitrogen and oxygen atoms in total. The van der Waals surface area contributed by atoms with E-state index in [1.807, 2.05) is 0 Å². The largest absolute Gasteiger partial charge is 0.388 e. The van der Waals surface area contributed by atoms with Gasteiger partial charge in [0.1, 0.15) is 35.9 Å². The lowest BCUT2D eigenvalue weighted by Crippen LogP contribution is -2.65. The Labute approximate surface area is 180 Å². The first-order valence-electron chi connectivity index (χ1n) is 10.0. The highest BCUT2D eigenvalue weighted by atomic mass is 35.5. The molecule has 168 valence electrons. The summed E-state index contributed by atoms with van der Waals surface area (Å²) in [5, 5.41) is 36.2. The van der Waals surface area contributed by atoms with E-state index in [0.717, 1.165) is 12.8 Å². The molecular weight excluding hydrogens is 422 g/mol. The molecule has 3 fully saturated rings. The minimum Gasteiger partial charge on any atom is -0.388 e. The Bertz CT molecular complexity index is 574. The molecule has 3 heterocycles. The Morgan fingerprint density at radius 2 is 2.03 bits per heavy atom. The fourth-order valence-electron chi connectivity index (χ4n) is 4.41. The van der Waals surface area contributed by atoms with Crippen molar-refractivity contribution in [2.45, 2.75) is 79.2 Å². The normalized spacial score (nSPS) is 45.1. The number of rotatable bonds is 5. The lowest BCUT2D eigenvalue weighted by atomic mass is 9.92. The number of thioether (sulfide) groups is 1. The van der Waals surface area contributed by atoms with Crippen molar-refractivity contribution in [3.63, 3.8) is 0 Å². The third-order valence-corrected chi connectivity index (χ3v) is 7.20. The average Bonchev–Trinajstić information content (AvgIpc) is 2.97. The van der Waals surface area contributed by atoms with Crippen LogP contribution in [0.25, 0.3) is 0 Å². The molecule has 0 aromatic rings. The molecule has 11 heteroatoms. The van der Waals surface area contributed by atoms with Gasteiger partial charge in [0.2, 0.25) is 5.91 Å². The van der Waals surface area contributed by atoms with E-state index in [0.29, 0.717) is 13.2 Å². The predicted molar refractivity (Wildman–Crippen MR) is 110 cm³/mol.